The van der Waals surface area contributed by atoms with Crippen molar-refractivity contribution in [1.82, 2.24) is 0 Å². The van der Waals surface area contributed by atoms with E-state index in [1.54, 1.807) is 30.3 Å². The number of hydrogen-bond donors (Lipinski definition) is 1. The van der Waals surface area contributed by atoms with Crippen LogP contribution in [-0.2, 0) is 9.59 Å². The Balaban J connectivity index is 1.99. The van der Waals surface area contributed by atoms with Crippen molar-refractivity contribution < 1.29 is 28.6 Å². The summed E-state index contributed by atoms with van der Waals surface area (Å²) < 4.78 is 24.6. The first-order chi connectivity index (χ1) is 16.7. The normalized spacial score (nSPS) is 17.1. The van der Waals surface area contributed by atoms with E-state index in [4.69, 9.17) is 21.1 Å². The predicted octanol–water partition coefficient (Wildman–Crippen LogP) is 5.74. The fourth-order valence-corrected chi connectivity index (χ4v) is 4.29. The van der Waals surface area contributed by atoms with E-state index < -0.39 is 23.5 Å². The van der Waals surface area contributed by atoms with E-state index in [0.717, 1.165) is 17.2 Å². The van der Waals surface area contributed by atoms with E-state index in [9.17, 15) is 19.1 Å². The quantitative estimate of drug-likeness (QED) is 0.277. The Morgan fingerprint density at radius 2 is 1.66 bits per heavy atom. The number of methoxy groups -OCH3 is 2. The van der Waals surface area contributed by atoms with E-state index in [-0.39, 0.29) is 22.0 Å². The van der Waals surface area contributed by atoms with Crippen LogP contribution in [0.3, 0.4) is 0 Å². The molecule has 0 saturated carbocycles. The number of aliphatic hydroxyl groups is 1. The summed E-state index contributed by atoms with van der Waals surface area (Å²) in [7, 11) is 2.96. The zero-order valence-corrected chi connectivity index (χ0v) is 20.3. The second kappa shape index (κ2) is 9.43. The van der Waals surface area contributed by atoms with Crippen molar-refractivity contribution in [3.8, 4) is 11.5 Å². The Labute approximate surface area is 207 Å². The van der Waals surface area contributed by atoms with Gasteiger partial charge < -0.3 is 14.6 Å². The molecule has 6 nitrogen and oxygen atoms in total. The zero-order valence-electron chi connectivity index (χ0n) is 19.6. The molecule has 0 aliphatic carbocycles. The van der Waals surface area contributed by atoms with Gasteiger partial charge >= 0.3 is 0 Å². The highest BCUT2D eigenvalue weighted by Crippen LogP contribution is 2.44. The molecule has 1 aliphatic heterocycles. The smallest absolute Gasteiger partial charge is 0.300 e. The lowest BCUT2D eigenvalue weighted by Gasteiger charge is -2.26. The highest BCUT2D eigenvalue weighted by Gasteiger charge is 2.47. The first-order valence-electron chi connectivity index (χ1n) is 10.7. The molecule has 180 valence electrons. The molecule has 1 heterocycles. The fourth-order valence-electron chi connectivity index (χ4n) is 4.12. The van der Waals surface area contributed by atoms with Crippen LogP contribution >= 0.6 is 11.6 Å². The lowest BCUT2D eigenvalue weighted by atomic mass is 9.94. The van der Waals surface area contributed by atoms with Crippen LogP contribution in [0.2, 0.25) is 5.02 Å². The van der Waals surface area contributed by atoms with E-state index in [1.807, 2.05) is 19.9 Å². The topological polar surface area (TPSA) is 76.1 Å². The Kier molecular flexibility index (Phi) is 6.54. The number of nitrogens with zero attached hydrogens (tertiary/aromatic N) is 1. The maximum atomic E-state index is 13.9. The molecule has 3 aromatic carbocycles. The molecule has 8 heteroatoms. The molecule has 1 saturated heterocycles. The molecule has 1 N–H and O–H groups in total. The Morgan fingerprint density at radius 3 is 2.29 bits per heavy atom. The van der Waals surface area contributed by atoms with Gasteiger partial charge in [-0.3, -0.25) is 14.5 Å². The highest BCUT2D eigenvalue weighted by molar-refractivity contribution is 6.51. The van der Waals surface area contributed by atoms with Gasteiger partial charge in [-0.2, -0.15) is 0 Å². The van der Waals surface area contributed by atoms with Gasteiger partial charge in [0.25, 0.3) is 11.7 Å². The average molecular weight is 496 g/mol. The summed E-state index contributed by atoms with van der Waals surface area (Å²) in [6, 6.07) is 12.9. The number of hydrogen-bond acceptors (Lipinski definition) is 5. The maximum Gasteiger partial charge on any atom is 0.300 e. The third-order valence-corrected chi connectivity index (χ3v) is 6.42. The first kappa shape index (κ1) is 24.3. The molecule has 1 amide bonds. The maximum absolute atomic E-state index is 13.9. The second-order valence-electron chi connectivity index (χ2n) is 8.18. The van der Waals surface area contributed by atoms with Crippen molar-refractivity contribution in [3.05, 3.63) is 93.3 Å². The lowest BCUT2D eigenvalue weighted by molar-refractivity contribution is -0.132. The molecule has 0 spiro atoms. The molecule has 0 radical (unpaired) electrons. The minimum absolute atomic E-state index is 0.106. The standard InChI is InChI=1S/C27H23ClFNO5/c1-14-5-6-17(11-15(14)2)25(31)23-24(16-7-10-21(34-3)22(12-16)35-4)30(27(33)26(23)32)18-8-9-20(29)19(28)13-18/h5-13,24,31H,1-4H3/b25-23+. The van der Waals surface area contributed by atoms with Crippen molar-refractivity contribution in [2.45, 2.75) is 19.9 Å². The van der Waals surface area contributed by atoms with Gasteiger partial charge in [0.05, 0.1) is 30.9 Å². The summed E-state index contributed by atoms with van der Waals surface area (Å²) in [5.74, 6) is -1.91. The van der Waals surface area contributed by atoms with Crippen molar-refractivity contribution in [2.24, 2.45) is 0 Å². The summed E-state index contributed by atoms with van der Waals surface area (Å²) in [6.45, 7) is 3.82. The van der Waals surface area contributed by atoms with Crippen molar-refractivity contribution in [3.63, 3.8) is 0 Å². The predicted molar refractivity (Wildman–Crippen MR) is 132 cm³/mol. The van der Waals surface area contributed by atoms with Crippen LogP contribution in [0.15, 0.2) is 60.2 Å². The fraction of sp³-hybridized carbons (Fsp3) is 0.185. The third-order valence-electron chi connectivity index (χ3n) is 6.13. The summed E-state index contributed by atoms with van der Waals surface area (Å²) in [5.41, 5.74) is 2.90. The monoisotopic (exact) mass is 495 g/mol. The summed E-state index contributed by atoms with van der Waals surface area (Å²) in [5, 5.41) is 11.1. The number of Topliss-reactive ketones (excluding diaryl/α,β-unsaturated/α-hetero) is 1. The number of carbonyl (C=O) groups excluding carboxylic acids is 2. The summed E-state index contributed by atoms with van der Waals surface area (Å²) >= 11 is 5.99. The Hall–Kier alpha value is -3.84. The van der Waals surface area contributed by atoms with Crippen LogP contribution in [0.25, 0.3) is 5.76 Å². The highest BCUT2D eigenvalue weighted by atomic mass is 35.5. The number of ether oxygens (including phenoxy) is 2. The van der Waals surface area contributed by atoms with Gasteiger partial charge in [-0.25, -0.2) is 4.39 Å². The summed E-state index contributed by atoms with van der Waals surface area (Å²) in [6.07, 6.45) is 0. The van der Waals surface area contributed by atoms with Crippen LogP contribution in [0.1, 0.15) is 28.3 Å². The summed E-state index contributed by atoms with van der Waals surface area (Å²) in [4.78, 5) is 27.8. The molecule has 1 atom stereocenters. The first-order valence-corrected chi connectivity index (χ1v) is 11.1. The molecule has 0 aromatic heterocycles. The van der Waals surface area contributed by atoms with Crippen LogP contribution in [0, 0.1) is 19.7 Å². The number of ketones is 1. The largest absolute Gasteiger partial charge is 0.507 e. The van der Waals surface area contributed by atoms with E-state index >= 15 is 0 Å². The second-order valence-corrected chi connectivity index (χ2v) is 8.59. The molecule has 1 aliphatic rings. The Morgan fingerprint density at radius 1 is 0.943 bits per heavy atom. The number of rotatable bonds is 5. The number of aryl methyl sites for hydroxylation is 2. The van der Waals surface area contributed by atoms with Gasteiger partial charge in [-0.1, -0.05) is 29.8 Å². The van der Waals surface area contributed by atoms with Gasteiger partial charge in [0.2, 0.25) is 0 Å². The molecule has 1 fully saturated rings. The number of anilines is 1. The zero-order chi connectivity index (χ0) is 25.4. The van der Waals surface area contributed by atoms with Gasteiger partial charge in [-0.15, -0.1) is 0 Å². The SMILES string of the molecule is COc1ccc(C2/C(=C(\O)c3ccc(C)c(C)c3)C(=O)C(=O)N2c2ccc(F)c(Cl)c2)cc1OC. The molecule has 0 bridgehead atoms. The van der Waals surface area contributed by atoms with Crippen LogP contribution in [-0.4, -0.2) is 31.0 Å². The molecule has 35 heavy (non-hydrogen) atoms. The number of aliphatic hydroxyl groups excluding tert-OH is 1. The van der Waals surface area contributed by atoms with Gasteiger partial charge in [0.15, 0.2) is 11.5 Å². The molecule has 4 rings (SSSR count). The molecular formula is C27H23ClFNO5. The van der Waals surface area contributed by atoms with Gasteiger partial charge in [0.1, 0.15) is 11.6 Å². The number of benzene rings is 3. The minimum Gasteiger partial charge on any atom is -0.507 e. The van der Waals surface area contributed by atoms with Gasteiger partial charge in [-0.05, 0) is 66.9 Å². The van der Waals surface area contributed by atoms with Crippen molar-refractivity contribution >= 4 is 34.7 Å². The minimum atomic E-state index is -1.03. The van der Waals surface area contributed by atoms with Crippen molar-refractivity contribution in [2.75, 3.05) is 19.1 Å². The molecule has 1 unspecified atom stereocenters. The Bertz CT molecular complexity index is 1380. The van der Waals surface area contributed by atoms with E-state index in [2.05, 4.69) is 0 Å². The van der Waals surface area contributed by atoms with E-state index in [0.29, 0.717) is 22.6 Å². The number of halogens is 2. The van der Waals surface area contributed by atoms with Gasteiger partial charge in [0, 0.05) is 11.3 Å². The van der Waals surface area contributed by atoms with Crippen LogP contribution in [0.4, 0.5) is 10.1 Å². The lowest BCUT2D eigenvalue weighted by Crippen LogP contribution is -2.29. The van der Waals surface area contributed by atoms with Crippen LogP contribution < -0.4 is 14.4 Å². The van der Waals surface area contributed by atoms with Crippen molar-refractivity contribution in [1.29, 1.82) is 0 Å². The third kappa shape index (κ3) is 4.23. The number of carbonyl (C=O) groups is 2. The van der Waals surface area contributed by atoms with E-state index in [1.165, 1.54) is 31.3 Å². The number of amides is 1. The average Bonchev–Trinajstić information content (AvgIpc) is 3.12. The molecule has 3 aromatic rings. The molecular weight excluding hydrogens is 473 g/mol. The van der Waals surface area contributed by atoms with Crippen LogP contribution in [0.5, 0.6) is 11.5 Å².